The van der Waals surface area contributed by atoms with E-state index in [2.05, 4.69) is 9.97 Å². The summed E-state index contributed by atoms with van der Waals surface area (Å²) in [6, 6.07) is 15.9. The lowest BCUT2D eigenvalue weighted by Gasteiger charge is -2.22. The molecule has 3 rings (SSSR count). The molecule has 2 atom stereocenters. The number of carbonyl (C=O) groups excluding carboxylic acids is 1. The van der Waals surface area contributed by atoms with Crippen LogP contribution in [0.3, 0.4) is 0 Å². The molecule has 0 aliphatic heterocycles. The van der Waals surface area contributed by atoms with Crippen molar-refractivity contribution < 1.29 is 13.9 Å². The highest BCUT2D eigenvalue weighted by molar-refractivity contribution is 5.78. The van der Waals surface area contributed by atoms with Gasteiger partial charge in [0.15, 0.2) is 0 Å². The van der Waals surface area contributed by atoms with Crippen molar-refractivity contribution >= 4 is 5.97 Å². The number of hydrogen-bond donors (Lipinski definition) is 0. The number of hydrogen-bond acceptors (Lipinski definition) is 5. The first-order chi connectivity index (χ1) is 16.1. The van der Waals surface area contributed by atoms with E-state index in [1.807, 2.05) is 71.0 Å². The fourth-order valence-corrected chi connectivity index (χ4v) is 3.75. The van der Waals surface area contributed by atoms with Gasteiger partial charge in [-0.1, -0.05) is 71.0 Å². The molecule has 0 fully saturated rings. The largest absolute Gasteiger partial charge is 0.441 e. The van der Waals surface area contributed by atoms with Crippen LogP contribution in [0.25, 0.3) is 0 Å². The zero-order valence-electron chi connectivity index (χ0n) is 20.2. The molecule has 0 aliphatic rings. The molecule has 1 heterocycles. The maximum atomic E-state index is 14.5. The zero-order valence-corrected chi connectivity index (χ0v) is 20.2. The van der Waals surface area contributed by atoms with Crippen LogP contribution in [0.4, 0.5) is 4.39 Å². The number of nitrogens with zero attached hydrogens (tertiary/aromatic N) is 3. The summed E-state index contributed by atoms with van der Waals surface area (Å²) in [5.74, 6) is -0.958. The average molecular weight is 460 g/mol. The van der Waals surface area contributed by atoms with Crippen LogP contribution in [-0.4, -0.2) is 15.9 Å². The summed E-state index contributed by atoms with van der Waals surface area (Å²) in [6.07, 6.45) is 2.52. The first-order valence-electron chi connectivity index (χ1n) is 11.3. The van der Waals surface area contributed by atoms with E-state index in [0.717, 1.165) is 5.56 Å². The SMILES string of the molecule is CC(C)C(C(=O)OC(C#N)c1ccc(F)c(Cc2ccccc2)c1)c1cnc(C(C)(C)C)nc1. The molecular weight excluding hydrogens is 429 g/mol. The van der Waals surface area contributed by atoms with Crippen molar-refractivity contribution in [1.82, 2.24) is 9.97 Å². The van der Waals surface area contributed by atoms with Gasteiger partial charge >= 0.3 is 5.97 Å². The summed E-state index contributed by atoms with van der Waals surface area (Å²) in [5, 5.41) is 9.75. The van der Waals surface area contributed by atoms with E-state index in [1.54, 1.807) is 18.5 Å². The number of esters is 1. The van der Waals surface area contributed by atoms with Gasteiger partial charge in [0.25, 0.3) is 0 Å². The monoisotopic (exact) mass is 459 g/mol. The molecular formula is C28H30FN3O2. The van der Waals surface area contributed by atoms with Crippen LogP contribution in [0.2, 0.25) is 0 Å². The lowest BCUT2D eigenvalue weighted by Crippen LogP contribution is -2.24. The lowest BCUT2D eigenvalue weighted by atomic mass is 9.89. The molecule has 3 aromatic rings. The van der Waals surface area contributed by atoms with Crippen LogP contribution in [0, 0.1) is 23.1 Å². The quantitative estimate of drug-likeness (QED) is 0.402. The van der Waals surface area contributed by atoms with Crippen LogP contribution in [-0.2, 0) is 21.4 Å². The summed E-state index contributed by atoms with van der Waals surface area (Å²) in [7, 11) is 0. The van der Waals surface area contributed by atoms with E-state index in [4.69, 9.17) is 4.74 Å². The molecule has 2 unspecified atom stereocenters. The smallest absolute Gasteiger partial charge is 0.315 e. The van der Waals surface area contributed by atoms with E-state index in [0.29, 0.717) is 28.9 Å². The van der Waals surface area contributed by atoms with Crippen molar-refractivity contribution in [1.29, 1.82) is 5.26 Å². The topological polar surface area (TPSA) is 75.9 Å². The van der Waals surface area contributed by atoms with Crippen molar-refractivity contribution in [2.24, 2.45) is 5.92 Å². The van der Waals surface area contributed by atoms with Gasteiger partial charge in [-0.05, 0) is 29.2 Å². The fourth-order valence-electron chi connectivity index (χ4n) is 3.75. The minimum absolute atomic E-state index is 0.0993. The molecule has 0 saturated carbocycles. The number of carbonyl (C=O) groups is 1. The molecule has 34 heavy (non-hydrogen) atoms. The van der Waals surface area contributed by atoms with Gasteiger partial charge in [-0.3, -0.25) is 4.79 Å². The summed E-state index contributed by atoms with van der Waals surface area (Å²) >= 11 is 0. The van der Waals surface area contributed by atoms with E-state index < -0.39 is 18.0 Å². The second-order valence-corrected chi connectivity index (χ2v) is 9.77. The van der Waals surface area contributed by atoms with Crippen LogP contribution >= 0.6 is 0 Å². The third kappa shape index (κ3) is 6.05. The molecule has 0 bridgehead atoms. The predicted octanol–water partition coefficient (Wildman–Crippen LogP) is 6.05. The highest BCUT2D eigenvalue weighted by atomic mass is 19.1. The van der Waals surface area contributed by atoms with Crippen LogP contribution in [0.1, 0.15) is 74.7 Å². The summed E-state index contributed by atoms with van der Waals surface area (Å²) in [6.45, 7) is 9.86. The Morgan fingerprint density at radius 1 is 1.06 bits per heavy atom. The highest BCUT2D eigenvalue weighted by Crippen LogP contribution is 2.30. The van der Waals surface area contributed by atoms with E-state index in [1.165, 1.54) is 12.1 Å². The van der Waals surface area contributed by atoms with Gasteiger partial charge in [-0.2, -0.15) is 5.26 Å². The maximum Gasteiger partial charge on any atom is 0.315 e. The van der Waals surface area contributed by atoms with Gasteiger partial charge in [-0.25, -0.2) is 14.4 Å². The predicted molar refractivity (Wildman–Crippen MR) is 128 cm³/mol. The average Bonchev–Trinajstić information content (AvgIpc) is 2.79. The lowest BCUT2D eigenvalue weighted by molar-refractivity contribution is -0.150. The Balaban J connectivity index is 1.82. The van der Waals surface area contributed by atoms with E-state index >= 15 is 0 Å². The van der Waals surface area contributed by atoms with E-state index in [9.17, 15) is 14.4 Å². The van der Waals surface area contributed by atoms with Gasteiger partial charge in [0.2, 0.25) is 6.10 Å². The van der Waals surface area contributed by atoms with Crippen LogP contribution in [0.5, 0.6) is 0 Å². The Kier molecular flexibility index (Phi) is 7.78. The molecule has 0 saturated heterocycles. The van der Waals surface area contributed by atoms with Crippen molar-refractivity contribution in [3.8, 4) is 6.07 Å². The van der Waals surface area contributed by atoms with E-state index in [-0.39, 0.29) is 17.2 Å². The van der Waals surface area contributed by atoms with Gasteiger partial charge in [0.1, 0.15) is 17.7 Å². The molecule has 0 amide bonds. The van der Waals surface area contributed by atoms with Gasteiger partial charge < -0.3 is 4.74 Å². The van der Waals surface area contributed by atoms with Gasteiger partial charge in [0.05, 0.1) is 5.92 Å². The Hall–Kier alpha value is -3.59. The zero-order chi connectivity index (χ0) is 24.9. The first kappa shape index (κ1) is 25.0. The Morgan fingerprint density at radius 2 is 1.71 bits per heavy atom. The maximum absolute atomic E-state index is 14.5. The van der Waals surface area contributed by atoms with Crippen molar-refractivity contribution in [2.75, 3.05) is 0 Å². The van der Waals surface area contributed by atoms with Crippen molar-refractivity contribution in [3.63, 3.8) is 0 Å². The molecule has 5 nitrogen and oxygen atoms in total. The number of rotatable bonds is 7. The Labute approximate surface area is 200 Å². The number of benzene rings is 2. The van der Waals surface area contributed by atoms with Crippen LogP contribution in [0.15, 0.2) is 60.9 Å². The molecule has 0 spiro atoms. The minimum Gasteiger partial charge on any atom is -0.441 e. The number of ether oxygens (including phenoxy) is 1. The number of nitriles is 1. The molecule has 0 N–H and O–H groups in total. The molecule has 0 aliphatic carbocycles. The third-order valence-corrected chi connectivity index (χ3v) is 5.58. The second kappa shape index (κ2) is 10.6. The summed E-state index contributed by atoms with van der Waals surface area (Å²) < 4.78 is 20.1. The number of halogens is 1. The van der Waals surface area contributed by atoms with Gasteiger partial charge in [-0.15, -0.1) is 0 Å². The number of aromatic nitrogens is 2. The third-order valence-electron chi connectivity index (χ3n) is 5.58. The highest BCUT2D eigenvalue weighted by Gasteiger charge is 2.30. The normalized spacial score (nSPS) is 13.2. The standard InChI is InChI=1S/C28H30FN3O2/c1-18(2)25(22-16-31-27(32-17-22)28(3,4)5)26(33)34-24(15-30)20-11-12-23(29)21(14-20)13-19-9-7-6-8-10-19/h6-12,14,16-18,24-25H,13H2,1-5H3. The Bertz CT molecular complexity index is 1160. The summed E-state index contributed by atoms with van der Waals surface area (Å²) in [5.41, 5.74) is 2.24. The summed E-state index contributed by atoms with van der Waals surface area (Å²) in [4.78, 5) is 22.0. The van der Waals surface area contributed by atoms with Crippen molar-refractivity contribution in [2.45, 2.75) is 58.5 Å². The Morgan fingerprint density at radius 3 is 2.26 bits per heavy atom. The molecule has 6 heteroatoms. The minimum atomic E-state index is -1.15. The molecule has 2 aromatic carbocycles. The second-order valence-electron chi connectivity index (χ2n) is 9.77. The molecule has 176 valence electrons. The molecule has 0 radical (unpaired) electrons. The van der Waals surface area contributed by atoms with Gasteiger partial charge in [0, 0.05) is 35.4 Å². The first-order valence-corrected chi connectivity index (χ1v) is 11.3. The van der Waals surface area contributed by atoms with Crippen molar-refractivity contribution in [3.05, 3.63) is 94.8 Å². The van der Waals surface area contributed by atoms with Crippen LogP contribution < -0.4 is 0 Å². The fraction of sp³-hybridized carbons (Fsp3) is 0.357. The molecule has 1 aromatic heterocycles.